The maximum Gasteiger partial charge on any atom is 0.258 e. The largest absolute Gasteiger partial charge is 0.345 e. The van der Waals surface area contributed by atoms with Crippen molar-refractivity contribution in [1.82, 2.24) is 9.97 Å². The summed E-state index contributed by atoms with van der Waals surface area (Å²) in [5.41, 5.74) is 3.60. The fourth-order valence-electron chi connectivity index (χ4n) is 2.84. The molecule has 2 heterocycles. The van der Waals surface area contributed by atoms with E-state index in [1.54, 1.807) is 36.5 Å². The van der Waals surface area contributed by atoms with E-state index in [-0.39, 0.29) is 18.4 Å². The quantitative estimate of drug-likeness (QED) is 0.749. The van der Waals surface area contributed by atoms with Gasteiger partial charge in [-0.05, 0) is 30.3 Å². The molecule has 0 spiro atoms. The first-order valence-corrected chi connectivity index (χ1v) is 7.26. The molecule has 0 fully saturated rings. The van der Waals surface area contributed by atoms with Gasteiger partial charge in [0.1, 0.15) is 6.54 Å². The van der Waals surface area contributed by atoms with Gasteiger partial charge in [-0.2, -0.15) is 0 Å². The van der Waals surface area contributed by atoms with Crippen LogP contribution in [0.3, 0.4) is 0 Å². The third-order valence-corrected chi connectivity index (χ3v) is 4.11. The number of imidazole rings is 1. The Bertz CT molecular complexity index is 931. The molecule has 23 heavy (non-hydrogen) atoms. The minimum atomic E-state index is -0.199. The Hall–Kier alpha value is -3.15. The predicted molar refractivity (Wildman–Crippen MR) is 87.6 cm³/mol. The van der Waals surface area contributed by atoms with Gasteiger partial charge in [0.2, 0.25) is 5.91 Å². The molecule has 0 radical (unpaired) electrons. The maximum absolute atomic E-state index is 12.9. The molecule has 0 aliphatic carbocycles. The first kappa shape index (κ1) is 13.5. The number of likely N-dealkylation sites (N-methyl/N-ethyl adjacent to an activating group) is 1. The number of nitrogens with one attached hydrogen (secondary N) is 1. The number of H-pyrrole nitrogens is 1. The van der Waals surface area contributed by atoms with E-state index < -0.39 is 0 Å². The first-order chi connectivity index (χ1) is 11.1. The second-order valence-electron chi connectivity index (χ2n) is 5.47. The van der Waals surface area contributed by atoms with Crippen LogP contribution in [0, 0.1) is 0 Å². The number of aromatic amines is 1. The number of hydrogen-bond donors (Lipinski definition) is 1. The molecule has 114 valence electrons. The van der Waals surface area contributed by atoms with Crippen molar-refractivity contribution >= 4 is 34.2 Å². The van der Waals surface area contributed by atoms with E-state index in [0.717, 1.165) is 22.4 Å². The Labute approximate surface area is 132 Å². The van der Waals surface area contributed by atoms with Gasteiger partial charge >= 0.3 is 0 Å². The highest BCUT2D eigenvalue weighted by molar-refractivity contribution is 6.16. The number of aromatic nitrogens is 2. The van der Waals surface area contributed by atoms with Crippen molar-refractivity contribution in [1.29, 1.82) is 0 Å². The Kier molecular flexibility index (Phi) is 2.90. The Morgan fingerprint density at radius 3 is 2.78 bits per heavy atom. The van der Waals surface area contributed by atoms with Gasteiger partial charge in [0.15, 0.2) is 0 Å². The highest BCUT2D eigenvalue weighted by atomic mass is 16.2. The summed E-state index contributed by atoms with van der Waals surface area (Å²) in [6, 6.07) is 12.7. The third-order valence-electron chi connectivity index (χ3n) is 4.11. The zero-order chi connectivity index (χ0) is 16.0. The summed E-state index contributed by atoms with van der Waals surface area (Å²) in [4.78, 5) is 35.3. The molecule has 2 aromatic carbocycles. The van der Waals surface area contributed by atoms with E-state index >= 15 is 0 Å². The SMILES string of the molecule is CN1C(=O)CN(C(=O)c2ccc3nc[nH]c3c2)c2ccccc21. The summed E-state index contributed by atoms with van der Waals surface area (Å²) in [6.45, 7) is 0.0351. The van der Waals surface area contributed by atoms with Crippen LogP contribution in [0.15, 0.2) is 48.8 Å². The number of rotatable bonds is 1. The lowest BCUT2D eigenvalue weighted by Crippen LogP contribution is -2.46. The molecule has 6 heteroatoms. The molecule has 0 saturated heterocycles. The molecule has 0 atom stereocenters. The average Bonchev–Trinajstić information content (AvgIpc) is 3.05. The second-order valence-corrected chi connectivity index (χ2v) is 5.47. The van der Waals surface area contributed by atoms with Crippen LogP contribution < -0.4 is 9.80 Å². The maximum atomic E-state index is 12.9. The standard InChI is InChI=1S/C17H14N4O2/c1-20-14-4-2-3-5-15(14)21(9-16(20)22)17(23)11-6-7-12-13(8-11)19-10-18-12/h2-8,10H,9H2,1H3,(H,18,19). The van der Waals surface area contributed by atoms with Crippen molar-refractivity contribution in [3.05, 3.63) is 54.4 Å². The van der Waals surface area contributed by atoms with Crippen LogP contribution in [-0.4, -0.2) is 35.4 Å². The van der Waals surface area contributed by atoms with Crippen molar-refractivity contribution in [2.45, 2.75) is 0 Å². The predicted octanol–water partition coefficient (Wildman–Crippen LogP) is 2.19. The van der Waals surface area contributed by atoms with Crippen LogP contribution in [0.1, 0.15) is 10.4 Å². The number of anilines is 2. The summed E-state index contributed by atoms with van der Waals surface area (Å²) in [7, 11) is 1.72. The first-order valence-electron chi connectivity index (χ1n) is 7.26. The molecule has 0 saturated carbocycles. The lowest BCUT2D eigenvalue weighted by atomic mass is 10.1. The van der Waals surface area contributed by atoms with Gasteiger partial charge in [0, 0.05) is 12.6 Å². The summed E-state index contributed by atoms with van der Waals surface area (Å²) >= 11 is 0. The molecule has 1 aromatic heterocycles. The second kappa shape index (κ2) is 4.95. The Balaban J connectivity index is 1.78. The number of fused-ring (bicyclic) bond motifs is 2. The summed E-state index contributed by atoms with van der Waals surface area (Å²) in [5.74, 6) is -0.310. The van der Waals surface area contributed by atoms with Gasteiger partial charge in [0.05, 0.1) is 28.7 Å². The van der Waals surface area contributed by atoms with Gasteiger partial charge in [-0.3, -0.25) is 14.5 Å². The van der Waals surface area contributed by atoms with Gasteiger partial charge < -0.3 is 9.88 Å². The molecule has 0 unspecified atom stereocenters. The van der Waals surface area contributed by atoms with Gasteiger partial charge in [0.25, 0.3) is 5.91 Å². The van der Waals surface area contributed by atoms with Crippen molar-refractivity contribution in [3.8, 4) is 0 Å². The molecule has 1 aliphatic heterocycles. The van der Waals surface area contributed by atoms with Crippen molar-refractivity contribution < 1.29 is 9.59 Å². The molecule has 0 bridgehead atoms. The lowest BCUT2D eigenvalue weighted by molar-refractivity contribution is -0.117. The number of nitrogens with zero attached hydrogens (tertiary/aromatic N) is 3. The average molecular weight is 306 g/mol. The van der Waals surface area contributed by atoms with E-state index in [9.17, 15) is 9.59 Å². The Morgan fingerprint density at radius 2 is 1.96 bits per heavy atom. The van der Waals surface area contributed by atoms with Crippen LogP contribution >= 0.6 is 0 Å². The topological polar surface area (TPSA) is 69.3 Å². The Morgan fingerprint density at radius 1 is 1.17 bits per heavy atom. The molecule has 4 rings (SSSR count). The smallest absolute Gasteiger partial charge is 0.258 e. The van der Waals surface area contributed by atoms with Gasteiger partial charge in [-0.15, -0.1) is 0 Å². The summed E-state index contributed by atoms with van der Waals surface area (Å²) < 4.78 is 0. The molecule has 2 amide bonds. The number of hydrogen-bond acceptors (Lipinski definition) is 3. The molecule has 6 nitrogen and oxygen atoms in total. The summed E-state index contributed by atoms with van der Waals surface area (Å²) in [6.07, 6.45) is 1.59. The van der Waals surface area contributed by atoms with E-state index in [2.05, 4.69) is 9.97 Å². The normalized spacial score (nSPS) is 14.2. The molecular formula is C17H14N4O2. The van der Waals surface area contributed by atoms with Crippen LogP contribution in [0.25, 0.3) is 11.0 Å². The fraction of sp³-hybridized carbons (Fsp3) is 0.118. The zero-order valence-electron chi connectivity index (χ0n) is 12.5. The highest BCUT2D eigenvalue weighted by Gasteiger charge is 2.30. The summed E-state index contributed by atoms with van der Waals surface area (Å²) in [5, 5.41) is 0. The van der Waals surface area contributed by atoms with Crippen LogP contribution in [0.4, 0.5) is 11.4 Å². The lowest BCUT2D eigenvalue weighted by Gasteiger charge is -2.34. The van der Waals surface area contributed by atoms with E-state index in [1.807, 2.05) is 24.3 Å². The van der Waals surface area contributed by atoms with Crippen LogP contribution in [0.2, 0.25) is 0 Å². The fourth-order valence-corrected chi connectivity index (χ4v) is 2.84. The third kappa shape index (κ3) is 2.07. The minimum Gasteiger partial charge on any atom is -0.345 e. The van der Waals surface area contributed by atoms with Gasteiger partial charge in [-0.1, -0.05) is 12.1 Å². The number of para-hydroxylation sites is 2. The van der Waals surface area contributed by atoms with E-state index in [1.165, 1.54) is 4.90 Å². The number of carbonyl (C=O) groups excluding carboxylic acids is 2. The van der Waals surface area contributed by atoms with Crippen LogP contribution in [0.5, 0.6) is 0 Å². The zero-order valence-corrected chi connectivity index (χ0v) is 12.5. The molecule has 1 N–H and O–H groups in total. The molecular weight excluding hydrogens is 292 g/mol. The molecule has 1 aliphatic rings. The van der Waals surface area contributed by atoms with Crippen molar-refractivity contribution in [2.24, 2.45) is 0 Å². The number of benzene rings is 2. The van der Waals surface area contributed by atoms with Crippen LogP contribution in [-0.2, 0) is 4.79 Å². The molecule has 3 aromatic rings. The minimum absolute atomic E-state index is 0.0351. The monoisotopic (exact) mass is 306 g/mol. The highest BCUT2D eigenvalue weighted by Crippen LogP contribution is 2.33. The van der Waals surface area contributed by atoms with Gasteiger partial charge in [-0.25, -0.2) is 4.98 Å². The van der Waals surface area contributed by atoms with E-state index in [4.69, 9.17) is 0 Å². The van der Waals surface area contributed by atoms with E-state index in [0.29, 0.717) is 5.56 Å². The van der Waals surface area contributed by atoms with Crippen molar-refractivity contribution in [3.63, 3.8) is 0 Å². The number of carbonyl (C=O) groups is 2. The van der Waals surface area contributed by atoms with Crippen molar-refractivity contribution in [2.75, 3.05) is 23.4 Å². The number of amides is 2.